The number of carbonyl (C=O) groups excluding carboxylic acids is 1. The van der Waals surface area contributed by atoms with Gasteiger partial charge in [0.05, 0.1) is 24.8 Å². The SMILES string of the molecule is C[C@@H]1CCCC[C@@H]1NC(=O)c1cc(F)c2c(c1)-c1cncn1CCO2. The number of rotatable bonds is 2. The molecule has 0 radical (unpaired) electrons. The predicted octanol–water partition coefficient (Wildman–Crippen LogP) is 3.39. The molecule has 2 aliphatic rings. The number of ether oxygens (including phenoxy) is 1. The van der Waals surface area contributed by atoms with Crippen LogP contribution in [0, 0.1) is 11.7 Å². The second kappa shape index (κ2) is 6.50. The molecular weight excluding hydrogens is 321 g/mol. The Balaban J connectivity index is 1.66. The first-order valence-corrected chi connectivity index (χ1v) is 8.91. The van der Waals surface area contributed by atoms with Gasteiger partial charge < -0.3 is 14.6 Å². The van der Waals surface area contributed by atoms with Crippen LogP contribution in [0.1, 0.15) is 43.0 Å². The third kappa shape index (κ3) is 3.01. The van der Waals surface area contributed by atoms with Crippen molar-refractivity contribution in [3.05, 3.63) is 36.0 Å². The summed E-state index contributed by atoms with van der Waals surface area (Å²) in [5.74, 6) is -0.0836. The zero-order valence-electron chi connectivity index (χ0n) is 14.3. The summed E-state index contributed by atoms with van der Waals surface area (Å²) in [5.41, 5.74) is 1.68. The van der Waals surface area contributed by atoms with E-state index < -0.39 is 5.82 Å². The molecule has 1 aliphatic carbocycles. The monoisotopic (exact) mass is 343 g/mol. The summed E-state index contributed by atoms with van der Waals surface area (Å²) >= 11 is 0. The van der Waals surface area contributed by atoms with Crippen LogP contribution in [0.25, 0.3) is 11.3 Å². The fraction of sp³-hybridized carbons (Fsp3) is 0.474. The Kier molecular flexibility index (Phi) is 4.19. The number of halogens is 1. The number of hydrogen-bond donors (Lipinski definition) is 1. The molecule has 1 amide bonds. The van der Waals surface area contributed by atoms with Crippen LogP contribution in [0.4, 0.5) is 4.39 Å². The van der Waals surface area contributed by atoms with Gasteiger partial charge in [-0.1, -0.05) is 19.8 Å². The lowest BCUT2D eigenvalue weighted by Gasteiger charge is -2.29. The fourth-order valence-corrected chi connectivity index (χ4v) is 3.81. The first kappa shape index (κ1) is 16.1. The van der Waals surface area contributed by atoms with Crippen LogP contribution >= 0.6 is 0 Å². The maximum atomic E-state index is 14.6. The average Bonchev–Trinajstić information content (AvgIpc) is 2.99. The van der Waals surface area contributed by atoms with Crippen LogP contribution in [-0.4, -0.2) is 28.1 Å². The Labute approximate surface area is 146 Å². The number of fused-ring (bicyclic) bond motifs is 3. The first-order valence-electron chi connectivity index (χ1n) is 8.91. The lowest BCUT2D eigenvalue weighted by atomic mass is 9.86. The van der Waals surface area contributed by atoms with Crippen LogP contribution in [0.2, 0.25) is 0 Å². The Hall–Kier alpha value is -2.37. The summed E-state index contributed by atoms with van der Waals surface area (Å²) in [7, 11) is 0. The van der Waals surface area contributed by atoms with E-state index in [9.17, 15) is 9.18 Å². The molecule has 2 heterocycles. The molecule has 2 aromatic rings. The quantitative estimate of drug-likeness (QED) is 0.909. The molecule has 2 atom stereocenters. The molecule has 0 saturated heterocycles. The third-order valence-electron chi connectivity index (χ3n) is 5.30. The van der Waals surface area contributed by atoms with Crippen molar-refractivity contribution in [3.63, 3.8) is 0 Å². The van der Waals surface area contributed by atoms with E-state index >= 15 is 0 Å². The fourth-order valence-electron chi connectivity index (χ4n) is 3.81. The molecule has 0 bridgehead atoms. The van der Waals surface area contributed by atoms with Crippen LogP contribution in [-0.2, 0) is 6.54 Å². The molecule has 1 aromatic heterocycles. The highest BCUT2D eigenvalue weighted by molar-refractivity contribution is 5.96. The van der Waals surface area contributed by atoms with Crippen molar-refractivity contribution in [3.8, 4) is 17.0 Å². The minimum atomic E-state index is -0.506. The molecule has 4 rings (SSSR count). The number of nitrogens with zero attached hydrogens (tertiary/aromatic N) is 2. The first-order chi connectivity index (χ1) is 12.1. The lowest BCUT2D eigenvalue weighted by Crippen LogP contribution is -2.41. The zero-order valence-corrected chi connectivity index (χ0v) is 14.3. The van der Waals surface area contributed by atoms with E-state index in [1.54, 1.807) is 18.6 Å². The average molecular weight is 343 g/mol. The zero-order chi connectivity index (χ0) is 17.4. The Bertz CT molecular complexity index is 802. The van der Waals surface area contributed by atoms with Crippen LogP contribution < -0.4 is 10.1 Å². The van der Waals surface area contributed by atoms with Crippen LogP contribution in [0.5, 0.6) is 5.75 Å². The molecule has 0 unspecified atom stereocenters. The molecule has 132 valence electrons. The number of benzene rings is 1. The summed E-state index contributed by atoms with van der Waals surface area (Å²) < 4.78 is 22.1. The number of aromatic nitrogens is 2. The van der Waals surface area contributed by atoms with E-state index in [0.29, 0.717) is 30.2 Å². The molecule has 1 fully saturated rings. The van der Waals surface area contributed by atoms with Gasteiger partial charge in [-0.05, 0) is 30.9 Å². The predicted molar refractivity (Wildman–Crippen MR) is 92.0 cm³/mol. The van der Waals surface area contributed by atoms with Gasteiger partial charge in [0, 0.05) is 17.2 Å². The number of nitrogens with one attached hydrogen (secondary N) is 1. The van der Waals surface area contributed by atoms with E-state index in [-0.39, 0.29) is 17.7 Å². The topological polar surface area (TPSA) is 56.2 Å². The van der Waals surface area contributed by atoms with Gasteiger partial charge in [0.1, 0.15) is 6.61 Å². The standard InChI is InChI=1S/C19H22FN3O2/c1-12-4-2-3-5-16(12)22-19(24)13-8-14-17-10-21-11-23(17)6-7-25-18(14)15(20)9-13/h8-12,16H,2-7H2,1H3,(H,22,24)/t12-,16+/m1/s1. The van der Waals surface area contributed by atoms with E-state index in [2.05, 4.69) is 17.2 Å². The van der Waals surface area contributed by atoms with Gasteiger partial charge in [-0.15, -0.1) is 0 Å². The van der Waals surface area contributed by atoms with E-state index in [4.69, 9.17) is 4.74 Å². The van der Waals surface area contributed by atoms with Crippen molar-refractivity contribution in [2.45, 2.75) is 45.2 Å². The molecule has 1 aliphatic heterocycles. The summed E-state index contributed by atoms with van der Waals surface area (Å²) in [6, 6.07) is 3.14. The smallest absolute Gasteiger partial charge is 0.251 e. The van der Waals surface area contributed by atoms with Gasteiger partial charge in [0.25, 0.3) is 5.91 Å². The Morgan fingerprint density at radius 3 is 3.04 bits per heavy atom. The van der Waals surface area contributed by atoms with Crippen LogP contribution in [0.3, 0.4) is 0 Å². The van der Waals surface area contributed by atoms with E-state index in [1.165, 1.54) is 12.5 Å². The molecular formula is C19H22FN3O2. The molecule has 0 spiro atoms. The highest BCUT2D eigenvalue weighted by Crippen LogP contribution is 2.35. The summed E-state index contributed by atoms with van der Waals surface area (Å²) in [6.45, 7) is 3.14. The van der Waals surface area contributed by atoms with Crippen molar-refractivity contribution in [2.24, 2.45) is 5.92 Å². The highest BCUT2D eigenvalue weighted by Gasteiger charge is 2.26. The molecule has 1 saturated carbocycles. The van der Waals surface area contributed by atoms with Crippen molar-refractivity contribution in [2.75, 3.05) is 6.61 Å². The Morgan fingerprint density at radius 2 is 2.20 bits per heavy atom. The highest BCUT2D eigenvalue weighted by atomic mass is 19.1. The second-order valence-corrected chi connectivity index (χ2v) is 7.00. The summed E-state index contributed by atoms with van der Waals surface area (Å²) in [6.07, 6.45) is 7.82. The third-order valence-corrected chi connectivity index (χ3v) is 5.30. The van der Waals surface area contributed by atoms with Crippen molar-refractivity contribution < 1.29 is 13.9 Å². The minimum absolute atomic E-state index is 0.157. The lowest BCUT2D eigenvalue weighted by molar-refractivity contribution is 0.0910. The maximum absolute atomic E-state index is 14.6. The largest absolute Gasteiger partial charge is 0.488 e. The molecule has 1 aromatic carbocycles. The minimum Gasteiger partial charge on any atom is -0.488 e. The maximum Gasteiger partial charge on any atom is 0.251 e. The van der Waals surface area contributed by atoms with Gasteiger partial charge >= 0.3 is 0 Å². The summed E-state index contributed by atoms with van der Waals surface area (Å²) in [4.78, 5) is 16.8. The van der Waals surface area contributed by atoms with Crippen molar-refractivity contribution in [1.82, 2.24) is 14.9 Å². The molecule has 6 heteroatoms. The van der Waals surface area contributed by atoms with Gasteiger partial charge in [0.15, 0.2) is 11.6 Å². The van der Waals surface area contributed by atoms with Gasteiger partial charge in [0.2, 0.25) is 0 Å². The van der Waals surface area contributed by atoms with Gasteiger partial charge in [-0.25, -0.2) is 9.37 Å². The number of amides is 1. The Morgan fingerprint density at radius 1 is 1.36 bits per heavy atom. The number of hydrogen-bond acceptors (Lipinski definition) is 3. The van der Waals surface area contributed by atoms with Crippen LogP contribution in [0.15, 0.2) is 24.7 Å². The molecule has 25 heavy (non-hydrogen) atoms. The van der Waals surface area contributed by atoms with Crippen molar-refractivity contribution >= 4 is 5.91 Å². The second-order valence-electron chi connectivity index (χ2n) is 7.00. The molecule has 1 N–H and O–H groups in total. The van der Waals surface area contributed by atoms with E-state index in [1.807, 2.05) is 4.57 Å². The van der Waals surface area contributed by atoms with Gasteiger partial charge in [-0.2, -0.15) is 0 Å². The molecule has 5 nitrogen and oxygen atoms in total. The number of imidazole rings is 1. The normalized spacial score (nSPS) is 22.3. The summed E-state index contributed by atoms with van der Waals surface area (Å²) in [5, 5.41) is 3.08. The number of carbonyl (C=O) groups is 1. The van der Waals surface area contributed by atoms with Crippen molar-refractivity contribution in [1.29, 1.82) is 0 Å². The van der Waals surface area contributed by atoms with Gasteiger partial charge in [-0.3, -0.25) is 4.79 Å². The van der Waals surface area contributed by atoms with E-state index in [0.717, 1.165) is 25.0 Å².